The Hall–Kier alpha value is -2.69. The molecule has 28 heavy (non-hydrogen) atoms. The molecule has 146 valence electrons. The van der Waals surface area contributed by atoms with Crippen molar-refractivity contribution in [2.45, 2.75) is 38.1 Å². The maximum absolute atomic E-state index is 13.2. The van der Waals surface area contributed by atoms with E-state index in [0.717, 1.165) is 30.5 Å². The van der Waals surface area contributed by atoms with E-state index in [4.69, 9.17) is 0 Å². The highest BCUT2D eigenvalue weighted by Crippen LogP contribution is 2.34. The van der Waals surface area contributed by atoms with Gasteiger partial charge in [-0.2, -0.15) is 0 Å². The molecule has 0 spiro atoms. The smallest absolute Gasteiger partial charge is 0.242 e. The van der Waals surface area contributed by atoms with Crippen molar-refractivity contribution in [2.24, 2.45) is 0 Å². The SMILES string of the molecule is CCC(CC(=O)N1CC(=O)N2CCc3ccccc3C2C1)c1ccc(F)cc1. The number of carbonyl (C=O) groups is 2. The maximum Gasteiger partial charge on any atom is 0.242 e. The predicted molar refractivity (Wildman–Crippen MR) is 105 cm³/mol. The summed E-state index contributed by atoms with van der Waals surface area (Å²) < 4.78 is 13.2. The van der Waals surface area contributed by atoms with Gasteiger partial charge in [0.05, 0.1) is 12.6 Å². The van der Waals surface area contributed by atoms with Gasteiger partial charge in [0, 0.05) is 19.5 Å². The Balaban J connectivity index is 1.51. The van der Waals surface area contributed by atoms with Crippen molar-refractivity contribution >= 4 is 11.8 Å². The van der Waals surface area contributed by atoms with Gasteiger partial charge in [-0.3, -0.25) is 9.59 Å². The Morgan fingerprint density at radius 3 is 2.68 bits per heavy atom. The number of benzene rings is 2. The number of fused-ring (bicyclic) bond motifs is 3. The summed E-state index contributed by atoms with van der Waals surface area (Å²) in [6.45, 7) is 3.44. The molecule has 1 saturated heterocycles. The van der Waals surface area contributed by atoms with Crippen LogP contribution in [0.5, 0.6) is 0 Å². The third kappa shape index (κ3) is 3.53. The summed E-state index contributed by atoms with van der Waals surface area (Å²) in [5.74, 6) is -0.233. The summed E-state index contributed by atoms with van der Waals surface area (Å²) in [7, 11) is 0. The van der Waals surface area contributed by atoms with E-state index in [1.54, 1.807) is 17.0 Å². The van der Waals surface area contributed by atoms with Gasteiger partial charge in [-0.05, 0) is 47.6 Å². The van der Waals surface area contributed by atoms with E-state index in [1.165, 1.54) is 17.7 Å². The lowest BCUT2D eigenvalue weighted by Crippen LogP contribution is -2.55. The second-order valence-electron chi connectivity index (χ2n) is 7.69. The number of hydrogen-bond acceptors (Lipinski definition) is 2. The molecule has 2 aromatic carbocycles. The fraction of sp³-hybridized carbons (Fsp3) is 0.391. The largest absolute Gasteiger partial charge is 0.332 e. The van der Waals surface area contributed by atoms with Gasteiger partial charge in [0.15, 0.2) is 0 Å². The third-order valence-electron chi connectivity index (χ3n) is 6.06. The standard InChI is InChI=1S/C23H25FN2O2/c1-2-16(17-7-9-19(24)10-8-17)13-22(27)25-14-21-20-6-4-3-5-18(20)11-12-26(21)23(28)15-25/h3-10,16,21H,2,11-15H2,1H3. The van der Waals surface area contributed by atoms with E-state index in [1.807, 2.05) is 24.0 Å². The number of nitrogens with zero attached hydrogens (tertiary/aromatic N) is 2. The van der Waals surface area contributed by atoms with Crippen LogP contribution in [-0.2, 0) is 16.0 Å². The maximum atomic E-state index is 13.2. The highest BCUT2D eigenvalue weighted by atomic mass is 19.1. The highest BCUT2D eigenvalue weighted by molar-refractivity contribution is 5.87. The van der Waals surface area contributed by atoms with E-state index < -0.39 is 0 Å². The van der Waals surface area contributed by atoms with E-state index >= 15 is 0 Å². The molecule has 1 fully saturated rings. The van der Waals surface area contributed by atoms with Gasteiger partial charge in [-0.25, -0.2) is 4.39 Å². The normalized spacial score (nSPS) is 19.8. The minimum Gasteiger partial charge on any atom is -0.332 e. The number of halogens is 1. The molecule has 2 unspecified atom stereocenters. The first kappa shape index (κ1) is 18.7. The van der Waals surface area contributed by atoms with E-state index in [9.17, 15) is 14.0 Å². The molecule has 2 atom stereocenters. The lowest BCUT2D eigenvalue weighted by atomic mass is 9.89. The quantitative estimate of drug-likeness (QED) is 0.812. The van der Waals surface area contributed by atoms with Crippen molar-refractivity contribution in [3.63, 3.8) is 0 Å². The lowest BCUT2D eigenvalue weighted by Gasteiger charge is -2.44. The first-order valence-electron chi connectivity index (χ1n) is 9.97. The topological polar surface area (TPSA) is 40.6 Å². The van der Waals surface area contributed by atoms with Crippen molar-refractivity contribution in [3.05, 3.63) is 71.0 Å². The van der Waals surface area contributed by atoms with Crippen LogP contribution in [-0.4, -0.2) is 41.2 Å². The zero-order valence-electron chi connectivity index (χ0n) is 16.1. The molecule has 0 N–H and O–H groups in total. The summed E-state index contributed by atoms with van der Waals surface area (Å²) in [6, 6.07) is 14.5. The van der Waals surface area contributed by atoms with Crippen LogP contribution >= 0.6 is 0 Å². The summed E-state index contributed by atoms with van der Waals surface area (Å²) in [6.07, 6.45) is 2.00. The third-order valence-corrected chi connectivity index (χ3v) is 6.06. The van der Waals surface area contributed by atoms with Gasteiger partial charge in [0.2, 0.25) is 11.8 Å². The van der Waals surface area contributed by atoms with Crippen LogP contribution in [0.4, 0.5) is 4.39 Å². The monoisotopic (exact) mass is 380 g/mol. The number of amides is 2. The van der Waals surface area contributed by atoms with E-state index in [2.05, 4.69) is 12.1 Å². The molecule has 4 nitrogen and oxygen atoms in total. The first-order valence-corrected chi connectivity index (χ1v) is 9.97. The Kier molecular flexibility index (Phi) is 5.16. The van der Waals surface area contributed by atoms with Crippen LogP contribution in [0, 0.1) is 5.82 Å². The van der Waals surface area contributed by atoms with Crippen molar-refractivity contribution in [3.8, 4) is 0 Å². The summed E-state index contributed by atoms with van der Waals surface area (Å²) in [4.78, 5) is 29.4. The van der Waals surface area contributed by atoms with E-state index in [0.29, 0.717) is 13.0 Å². The molecule has 0 radical (unpaired) electrons. The summed E-state index contributed by atoms with van der Waals surface area (Å²) in [5.41, 5.74) is 3.39. The molecule has 2 heterocycles. The molecule has 4 rings (SSSR count). The lowest BCUT2D eigenvalue weighted by molar-refractivity contribution is -0.149. The average Bonchev–Trinajstić information content (AvgIpc) is 2.72. The highest BCUT2D eigenvalue weighted by Gasteiger charge is 2.38. The van der Waals surface area contributed by atoms with Crippen LogP contribution in [0.1, 0.15) is 48.4 Å². The number of hydrogen-bond donors (Lipinski definition) is 0. The second kappa shape index (κ2) is 7.74. The number of piperazine rings is 1. The van der Waals surface area contributed by atoms with Crippen LogP contribution in [0.2, 0.25) is 0 Å². The predicted octanol–water partition coefficient (Wildman–Crippen LogP) is 3.68. The number of carbonyl (C=O) groups excluding carboxylic acids is 2. The molecular formula is C23H25FN2O2. The molecule has 2 amide bonds. The molecule has 0 aliphatic carbocycles. The van der Waals surface area contributed by atoms with Gasteiger partial charge in [-0.15, -0.1) is 0 Å². The Morgan fingerprint density at radius 2 is 1.93 bits per heavy atom. The molecule has 0 aromatic heterocycles. The van der Waals surface area contributed by atoms with Gasteiger partial charge < -0.3 is 9.80 Å². The number of rotatable bonds is 4. The van der Waals surface area contributed by atoms with Crippen LogP contribution in [0.3, 0.4) is 0 Å². The van der Waals surface area contributed by atoms with E-state index in [-0.39, 0.29) is 36.1 Å². The molecule has 2 aliphatic rings. The molecule has 2 aliphatic heterocycles. The van der Waals surface area contributed by atoms with Crippen LogP contribution in [0.25, 0.3) is 0 Å². The molecule has 0 saturated carbocycles. The molecular weight excluding hydrogens is 355 g/mol. The van der Waals surface area contributed by atoms with Crippen molar-refractivity contribution in [1.29, 1.82) is 0 Å². The first-order chi connectivity index (χ1) is 13.6. The van der Waals surface area contributed by atoms with Gasteiger partial charge in [-0.1, -0.05) is 43.3 Å². The molecule has 2 aromatic rings. The van der Waals surface area contributed by atoms with Crippen molar-refractivity contribution < 1.29 is 14.0 Å². The van der Waals surface area contributed by atoms with Gasteiger partial charge in [0.1, 0.15) is 5.82 Å². The molecule has 0 bridgehead atoms. The fourth-order valence-corrected chi connectivity index (χ4v) is 4.44. The van der Waals surface area contributed by atoms with Crippen molar-refractivity contribution in [1.82, 2.24) is 9.80 Å². The minimum atomic E-state index is -0.275. The zero-order valence-corrected chi connectivity index (χ0v) is 16.1. The Morgan fingerprint density at radius 1 is 1.18 bits per heavy atom. The van der Waals surface area contributed by atoms with Crippen molar-refractivity contribution in [2.75, 3.05) is 19.6 Å². The van der Waals surface area contributed by atoms with Gasteiger partial charge in [0.25, 0.3) is 0 Å². The summed E-state index contributed by atoms with van der Waals surface area (Å²) in [5, 5.41) is 0. The Labute approximate surface area is 164 Å². The Bertz CT molecular complexity index is 880. The summed E-state index contributed by atoms with van der Waals surface area (Å²) >= 11 is 0. The van der Waals surface area contributed by atoms with Crippen LogP contribution < -0.4 is 0 Å². The fourth-order valence-electron chi connectivity index (χ4n) is 4.44. The molecule has 5 heteroatoms. The van der Waals surface area contributed by atoms with Crippen LogP contribution in [0.15, 0.2) is 48.5 Å². The zero-order chi connectivity index (χ0) is 19.7. The van der Waals surface area contributed by atoms with Gasteiger partial charge >= 0.3 is 0 Å². The minimum absolute atomic E-state index is 0.00719. The average molecular weight is 380 g/mol. The second-order valence-corrected chi connectivity index (χ2v) is 7.69.